The van der Waals surface area contributed by atoms with Crippen molar-refractivity contribution in [1.29, 1.82) is 0 Å². The van der Waals surface area contributed by atoms with E-state index in [0.29, 0.717) is 13.3 Å². The predicted octanol–water partition coefficient (Wildman–Crippen LogP) is 0.640. The van der Waals surface area contributed by atoms with E-state index >= 15 is 0 Å². The van der Waals surface area contributed by atoms with Gasteiger partial charge in [0.2, 0.25) is 5.91 Å². The summed E-state index contributed by atoms with van der Waals surface area (Å²) in [5, 5.41) is 9.06. The zero-order valence-electron chi connectivity index (χ0n) is 9.45. The van der Waals surface area contributed by atoms with Crippen molar-refractivity contribution in [3.05, 3.63) is 0 Å². The number of carbonyl (C=O) groups is 1. The molecule has 0 bridgehead atoms. The SMILES string of the molecule is CO[C@@H]1C[C@@H](CO)N(C(=O)CC(C)(F)F)C1. The zero-order chi connectivity index (χ0) is 12.3. The molecular formula is C10H17F2NO3. The quantitative estimate of drug-likeness (QED) is 0.780. The van der Waals surface area contributed by atoms with Crippen molar-refractivity contribution in [2.24, 2.45) is 0 Å². The van der Waals surface area contributed by atoms with Gasteiger partial charge in [-0.3, -0.25) is 4.79 Å². The molecule has 94 valence electrons. The first-order valence-electron chi connectivity index (χ1n) is 5.18. The molecule has 0 aliphatic carbocycles. The average molecular weight is 237 g/mol. The second kappa shape index (κ2) is 5.05. The van der Waals surface area contributed by atoms with Crippen molar-refractivity contribution in [2.75, 3.05) is 20.3 Å². The van der Waals surface area contributed by atoms with E-state index in [9.17, 15) is 13.6 Å². The van der Waals surface area contributed by atoms with Crippen LogP contribution in [0, 0.1) is 0 Å². The fourth-order valence-corrected chi connectivity index (χ4v) is 1.89. The summed E-state index contributed by atoms with van der Waals surface area (Å²) < 4.78 is 30.5. The zero-order valence-corrected chi connectivity index (χ0v) is 9.45. The fraction of sp³-hybridized carbons (Fsp3) is 0.900. The van der Waals surface area contributed by atoms with Crippen molar-refractivity contribution in [2.45, 2.75) is 37.8 Å². The van der Waals surface area contributed by atoms with Crippen LogP contribution < -0.4 is 0 Å². The number of rotatable bonds is 4. The largest absolute Gasteiger partial charge is 0.394 e. The van der Waals surface area contributed by atoms with Gasteiger partial charge in [-0.1, -0.05) is 0 Å². The third kappa shape index (κ3) is 3.38. The highest BCUT2D eigenvalue weighted by molar-refractivity contribution is 5.77. The minimum Gasteiger partial charge on any atom is -0.394 e. The number of methoxy groups -OCH3 is 1. The Labute approximate surface area is 93.2 Å². The van der Waals surface area contributed by atoms with Crippen molar-refractivity contribution in [3.63, 3.8) is 0 Å². The normalized spacial score (nSPS) is 26.2. The van der Waals surface area contributed by atoms with Crippen molar-refractivity contribution in [3.8, 4) is 0 Å². The molecule has 0 spiro atoms. The molecule has 0 aromatic rings. The van der Waals surface area contributed by atoms with Crippen LogP contribution in [0.25, 0.3) is 0 Å². The lowest BCUT2D eigenvalue weighted by molar-refractivity contribution is -0.139. The van der Waals surface area contributed by atoms with E-state index in [2.05, 4.69) is 0 Å². The second-order valence-electron chi connectivity index (χ2n) is 4.22. The lowest BCUT2D eigenvalue weighted by atomic mass is 10.2. The van der Waals surface area contributed by atoms with Crippen LogP contribution in [0.3, 0.4) is 0 Å². The van der Waals surface area contributed by atoms with Crippen LogP contribution in [0.1, 0.15) is 19.8 Å². The monoisotopic (exact) mass is 237 g/mol. The van der Waals surface area contributed by atoms with E-state index in [1.807, 2.05) is 0 Å². The number of hydrogen-bond acceptors (Lipinski definition) is 3. The lowest BCUT2D eigenvalue weighted by Gasteiger charge is -2.24. The van der Waals surface area contributed by atoms with E-state index in [0.717, 1.165) is 0 Å². The van der Waals surface area contributed by atoms with Gasteiger partial charge in [0.15, 0.2) is 0 Å². The Kier molecular flexibility index (Phi) is 4.21. The molecule has 1 saturated heterocycles. The first-order valence-corrected chi connectivity index (χ1v) is 5.18. The van der Waals surface area contributed by atoms with Crippen LogP contribution in [-0.4, -0.2) is 54.2 Å². The van der Waals surface area contributed by atoms with Gasteiger partial charge in [0.25, 0.3) is 5.92 Å². The number of ether oxygens (including phenoxy) is 1. The van der Waals surface area contributed by atoms with E-state index in [4.69, 9.17) is 9.84 Å². The molecule has 4 nitrogen and oxygen atoms in total. The van der Waals surface area contributed by atoms with Crippen LogP contribution in [0.2, 0.25) is 0 Å². The van der Waals surface area contributed by atoms with Crippen molar-refractivity contribution >= 4 is 5.91 Å². The van der Waals surface area contributed by atoms with Gasteiger partial charge < -0.3 is 14.7 Å². The molecule has 0 saturated carbocycles. The van der Waals surface area contributed by atoms with Crippen LogP contribution in [-0.2, 0) is 9.53 Å². The predicted molar refractivity (Wildman–Crippen MR) is 53.2 cm³/mol. The number of likely N-dealkylation sites (tertiary alicyclic amines) is 1. The summed E-state index contributed by atoms with van der Waals surface area (Å²) in [6.07, 6.45) is -0.500. The molecule has 1 rings (SSSR count). The first kappa shape index (κ1) is 13.3. The van der Waals surface area contributed by atoms with Gasteiger partial charge in [-0.05, 0) is 13.3 Å². The highest BCUT2D eigenvalue weighted by Crippen LogP contribution is 2.24. The van der Waals surface area contributed by atoms with Crippen LogP contribution in [0.15, 0.2) is 0 Å². The highest BCUT2D eigenvalue weighted by Gasteiger charge is 2.37. The van der Waals surface area contributed by atoms with Crippen LogP contribution in [0.4, 0.5) is 8.78 Å². The van der Waals surface area contributed by atoms with Crippen molar-refractivity contribution in [1.82, 2.24) is 4.90 Å². The molecule has 1 heterocycles. The van der Waals surface area contributed by atoms with E-state index < -0.39 is 24.3 Å². The third-order valence-electron chi connectivity index (χ3n) is 2.70. The number of nitrogens with zero attached hydrogens (tertiary/aromatic N) is 1. The number of carbonyl (C=O) groups excluding carboxylic acids is 1. The lowest BCUT2D eigenvalue weighted by Crippen LogP contribution is -2.40. The molecule has 0 aromatic carbocycles. The molecule has 6 heteroatoms. The Hall–Kier alpha value is -0.750. The Morgan fingerprint density at radius 2 is 2.25 bits per heavy atom. The third-order valence-corrected chi connectivity index (χ3v) is 2.70. The minimum absolute atomic E-state index is 0.174. The maximum absolute atomic E-state index is 12.7. The summed E-state index contributed by atoms with van der Waals surface area (Å²) in [4.78, 5) is 12.9. The molecule has 1 amide bonds. The standard InChI is InChI=1S/C10H17F2NO3/c1-10(11,12)4-9(15)13-5-8(16-2)3-7(13)6-14/h7-8,14H,3-6H2,1-2H3/t7-,8+/m0/s1. The molecule has 0 unspecified atom stereocenters. The van der Waals surface area contributed by atoms with Gasteiger partial charge in [0, 0.05) is 13.7 Å². The Morgan fingerprint density at radius 1 is 1.62 bits per heavy atom. The highest BCUT2D eigenvalue weighted by atomic mass is 19.3. The maximum atomic E-state index is 12.7. The Balaban J connectivity index is 2.61. The average Bonchev–Trinajstić information content (AvgIpc) is 2.58. The fourth-order valence-electron chi connectivity index (χ4n) is 1.89. The molecule has 0 aromatic heterocycles. The van der Waals surface area contributed by atoms with E-state index in [1.165, 1.54) is 12.0 Å². The van der Waals surface area contributed by atoms with E-state index in [-0.39, 0.29) is 19.3 Å². The molecule has 1 fully saturated rings. The number of alkyl halides is 2. The molecule has 1 aliphatic rings. The summed E-state index contributed by atoms with van der Waals surface area (Å²) in [5.74, 6) is -3.64. The summed E-state index contributed by atoms with van der Waals surface area (Å²) >= 11 is 0. The maximum Gasteiger partial charge on any atom is 0.254 e. The smallest absolute Gasteiger partial charge is 0.254 e. The number of aliphatic hydroxyl groups excluding tert-OH is 1. The summed E-state index contributed by atoms with van der Waals surface area (Å²) in [6.45, 7) is 0.764. The van der Waals surface area contributed by atoms with Gasteiger partial charge >= 0.3 is 0 Å². The van der Waals surface area contributed by atoms with Gasteiger partial charge in [-0.25, -0.2) is 8.78 Å². The van der Waals surface area contributed by atoms with Gasteiger partial charge in [-0.15, -0.1) is 0 Å². The summed E-state index contributed by atoms with van der Waals surface area (Å²) in [5.41, 5.74) is 0. The number of amides is 1. The molecule has 16 heavy (non-hydrogen) atoms. The van der Waals surface area contributed by atoms with Crippen molar-refractivity contribution < 1.29 is 23.4 Å². The number of aliphatic hydroxyl groups is 1. The van der Waals surface area contributed by atoms with Crippen LogP contribution >= 0.6 is 0 Å². The molecular weight excluding hydrogens is 220 g/mol. The number of hydrogen-bond donors (Lipinski definition) is 1. The molecule has 0 radical (unpaired) electrons. The van der Waals surface area contributed by atoms with Gasteiger partial charge in [-0.2, -0.15) is 0 Å². The number of halogens is 2. The molecule has 1 aliphatic heterocycles. The minimum atomic E-state index is -3.01. The van der Waals surface area contributed by atoms with Gasteiger partial charge in [0.05, 0.1) is 25.2 Å². The second-order valence-corrected chi connectivity index (χ2v) is 4.22. The molecule has 2 atom stereocenters. The first-order chi connectivity index (χ1) is 7.37. The topological polar surface area (TPSA) is 49.8 Å². The Morgan fingerprint density at radius 3 is 2.69 bits per heavy atom. The van der Waals surface area contributed by atoms with E-state index in [1.54, 1.807) is 0 Å². The van der Waals surface area contributed by atoms with Crippen LogP contribution in [0.5, 0.6) is 0 Å². The summed E-state index contributed by atoms with van der Waals surface area (Å²) in [6, 6.07) is -0.403. The van der Waals surface area contributed by atoms with Gasteiger partial charge in [0.1, 0.15) is 0 Å². The Bertz CT molecular complexity index is 255. The summed E-state index contributed by atoms with van der Waals surface area (Å²) in [7, 11) is 1.50. The molecule has 1 N–H and O–H groups in total.